The van der Waals surface area contributed by atoms with Crippen molar-refractivity contribution in [2.75, 3.05) is 20.8 Å². The molecule has 0 saturated carbocycles. The van der Waals surface area contributed by atoms with Gasteiger partial charge in [0.1, 0.15) is 12.4 Å². The molecule has 4 heteroatoms. The summed E-state index contributed by atoms with van der Waals surface area (Å²) in [5.41, 5.74) is 3.25. The highest BCUT2D eigenvalue weighted by molar-refractivity contribution is 5.76. The number of ether oxygens (including phenoxy) is 1. The van der Waals surface area contributed by atoms with E-state index < -0.39 is 6.61 Å². The van der Waals surface area contributed by atoms with Gasteiger partial charge in [0.05, 0.1) is 7.11 Å². The SMILES string of the molecule is COc1ccc(CN(C)C(=O)CO)c(C)c1C. The van der Waals surface area contributed by atoms with Gasteiger partial charge in [0.25, 0.3) is 0 Å². The van der Waals surface area contributed by atoms with Gasteiger partial charge in [0.15, 0.2) is 0 Å². The Kier molecular flexibility index (Phi) is 4.52. The molecule has 0 radical (unpaired) electrons. The van der Waals surface area contributed by atoms with Crippen LogP contribution in [0.2, 0.25) is 0 Å². The van der Waals surface area contributed by atoms with Crippen LogP contribution in [0.15, 0.2) is 12.1 Å². The van der Waals surface area contributed by atoms with Crippen molar-refractivity contribution in [2.45, 2.75) is 20.4 Å². The van der Waals surface area contributed by atoms with Gasteiger partial charge in [-0.15, -0.1) is 0 Å². The van der Waals surface area contributed by atoms with E-state index >= 15 is 0 Å². The van der Waals surface area contributed by atoms with Crippen molar-refractivity contribution in [2.24, 2.45) is 0 Å². The summed E-state index contributed by atoms with van der Waals surface area (Å²) in [6.45, 7) is 4.04. The Hall–Kier alpha value is -1.55. The second-order valence-electron chi connectivity index (χ2n) is 4.08. The van der Waals surface area contributed by atoms with Gasteiger partial charge < -0.3 is 14.7 Å². The smallest absolute Gasteiger partial charge is 0.248 e. The van der Waals surface area contributed by atoms with E-state index in [1.807, 2.05) is 26.0 Å². The molecule has 94 valence electrons. The molecule has 4 nitrogen and oxygen atoms in total. The fraction of sp³-hybridized carbons (Fsp3) is 0.462. The Bertz CT molecular complexity index is 415. The average Bonchev–Trinajstić information content (AvgIpc) is 2.34. The summed E-state index contributed by atoms with van der Waals surface area (Å²) in [6, 6.07) is 3.84. The third-order valence-corrected chi connectivity index (χ3v) is 3.04. The summed E-state index contributed by atoms with van der Waals surface area (Å²) >= 11 is 0. The molecule has 0 bridgehead atoms. The monoisotopic (exact) mass is 237 g/mol. The van der Waals surface area contributed by atoms with Crippen LogP contribution in [-0.2, 0) is 11.3 Å². The van der Waals surface area contributed by atoms with Crippen LogP contribution in [0.25, 0.3) is 0 Å². The summed E-state index contributed by atoms with van der Waals surface area (Å²) in [5, 5.41) is 8.78. The predicted molar refractivity (Wildman–Crippen MR) is 66.0 cm³/mol. The van der Waals surface area contributed by atoms with Crippen LogP contribution in [0.4, 0.5) is 0 Å². The molecule has 17 heavy (non-hydrogen) atoms. The largest absolute Gasteiger partial charge is 0.496 e. The lowest BCUT2D eigenvalue weighted by molar-refractivity contribution is -0.133. The fourth-order valence-corrected chi connectivity index (χ4v) is 1.71. The summed E-state index contributed by atoms with van der Waals surface area (Å²) < 4.78 is 5.23. The average molecular weight is 237 g/mol. The lowest BCUT2D eigenvalue weighted by atomic mass is 10.0. The number of carbonyl (C=O) groups is 1. The van der Waals surface area contributed by atoms with E-state index in [2.05, 4.69) is 0 Å². The second kappa shape index (κ2) is 5.68. The van der Waals surface area contributed by atoms with Crippen molar-refractivity contribution in [3.8, 4) is 5.75 Å². The Morgan fingerprint density at radius 2 is 2.00 bits per heavy atom. The van der Waals surface area contributed by atoms with Crippen LogP contribution in [0.5, 0.6) is 5.75 Å². The Morgan fingerprint density at radius 3 is 2.53 bits per heavy atom. The highest BCUT2D eigenvalue weighted by Crippen LogP contribution is 2.24. The van der Waals surface area contributed by atoms with E-state index in [1.165, 1.54) is 4.90 Å². The van der Waals surface area contributed by atoms with Gasteiger partial charge in [-0.25, -0.2) is 0 Å². The van der Waals surface area contributed by atoms with Gasteiger partial charge in [-0.2, -0.15) is 0 Å². The summed E-state index contributed by atoms with van der Waals surface area (Å²) in [6.07, 6.45) is 0. The number of amides is 1. The van der Waals surface area contributed by atoms with Crippen LogP contribution in [-0.4, -0.2) is 36.7 Å². The quantitative estimate of drug-likeness (QED) is 0.857. The third kappa shape index (κ3) is 2.97. The van der Waals surface area contributed by atoms with Gasteiger partial charge in [-0.1, -0.05) is 6.07 Å². The fourth-order valence-electron chi connectivity index (χ4n) is 1.71. The van der Waals surface area contributed by atoms with Crippen molar-refractivity contribution in [3.63, 3.8) is 0 Å². The van der Waals surface area contributed by atoms with Crippen LogP contribution >= 0.6 is 0 Å². The number of aliphatic hydroxyl groups is 1. The first-order valence-corrected chi connectivity index (χ1v) is 5.49. The zero-order valence-electron chi connectivity index (χ0n) is 10.8. The zero-order chi connectivity index (χ0) is 13.0. The molecule has 0 aromatic heterocycles. The van der Waals surface area contributed by atoms with Gasteiger partial charge >= 0.3 is 0 Å². The lowest BCUT2D eigenvalue weighted by Crippen LogP contribution is -2.29. The van der Waals surface area contributed by atoms with Gasteiger partial charge in [-0.05, 0) is 36.6 Å². The molecule has 1 N–H and O–H groups in total. The minimum absolute atomic E-state index is 0.280. The molecule has 0 saturated heterocycles. The molecule has 0 fully saturated rings. The standard InChI is InChI=1S/C13H19NO3/c1-9-10(2)12(17-4)6-5-11(9)7-14(3)13(16)8-15/h5-6,15H,7-8H2,1-4H3. The first-order valence-electron chi connectivity index (χ1n) is 5.49. The summed E-state index contributed by atoms with van der Waals surface area (Å²) in [4.78, 5) is 12.8. The first-order chi connectivity index (χ1) is 8.01. The molecule has 1 amide bonds. The summed E-state index contributed by atoms with van der Waals surface area (Å²) in [7, 11) is 3.32. The van der Waals surface area contributed by atoms with E-state index in [0.717, 1.165) is 22.4 Å². The second-order valence-corrected chi connectivity index (χ2v) is 4.08. The Balaban J connectivity index is 2.93. The molecular weight excluding hydrogens is 218 g/mol. The molecule has 1 aromatic rings. The maximum atomic E-state index is 11.3. The molecule has 0 atom stereocenters. The molecule has 1 rings (SSSR count). The molecule has 1 aromatic carbocycles. The van der Waals surface area contributed by atoms with Crippen LogP contribution in [0.1, 0.15) is 16.7 Å². The Labute approximate surface area is 102 Å². The minimum Gasteiger partial charge on any atom is -0.496 e. The number of nitrogens with zero attached hydrogens (tertiary/aromatic N) is 1. The first kappa shape index (κ1) is 13.5. The molecule has 0 heterocycles. The van der Waals surface area contributed by atoms with Crippen molar-refractivity contribution < 1.29 is 14.6 Å². The number of aliphatic hydroxyl groups excluding tert-OH is 1. The van der Waals surface area contributed by atoms with Gasteiger partial charge in [0, 0.05) is 13.6 Å². The van der Waals surface area contributed by atoms with E-state index in [-0.39, 0.29) is 5.91 Å². The third-order valence-electron chi connectivity index (χ3n) is 3.04. The van der Waals surface area contributed by atoms with E-state index in [9.17, 15) is 4.79 Å². The molecule has 0 aliphatic carbocycles. The zero-order valence-corrected chi connectivity index (χ0v) is 10.8. The highest BCUT2D eigenvalue weighted by atomic mass is 16.5. The molecule has 0 aliphatic heterocycles. The van der Waals surface area contributed by atoms with E-state index in [0.29, 0.717) is 6.54 Å². The number of rotatable bonds is 4. The normalized spacial score (nSPS) is 10.2. The number of methoxy groups -OCH3 is 1. The van der Waals surface area contributed by atoms with Crippen LogP contribution < -0.4 is 4.74 Å². The molecular formula is C13H19NO3. The maximum Gasteiger partial charge on any atom is 0.248 e. The topological polar surface area (TPSA) is 49.8 Å². The van der Waals surface area contributed by atoms with Crippen molar-refractivity contribution in [1.29, 1.82) is 0 Å². The molecule has 0 unspecified atom stereocenters. The number of hydrogen-bond donors (Lipinski definition) is 1. The van der Waals surface area contributed by atoms with E-state index in [4.69, 9.17) is 9.84 Å². The number of likely N-dealkylation sites (N-methyl/N-ethyl adjacent to an activating group) is 1. The molecule has 0 spiro atoms. The minimum atomic E-state index is -0.454. The Morgan fingerprint density at radius 1 is 1.35 bits per heavy atom. The van der Waals surface area contributed by atoms with Crippen molar-refractivity contribution in [1.82, 2.24) is 4.90 Å². The molecule has 0 aliphatic rings. The maximum absolute atomic E-state index is 11.3. The van der Waals surface area contributed by atoms with Crippen molar-refractivity contribution >= 4 is 5.91 Å². The van der Waals surface area contributed by atoms with E-state index in [1.54, 1.807) is 14.2 Å². The predicted octanol–water partition coefficient (Wildman–Crippen LogP) is 1.26. The lowest BCUT2D eigenvalue weighted by Gasteiger charge is -2.19. The number of hydrogen-bond acceptors (Lipinski definition) is 3. The highest BCUT2D eigenvalue weighted by Gasteiger charge is 2.11. The number of benzene rings is 1. The van der Waals surface area contributed by atoms with Crippen molar-refractivity contribution in [3.05, 3.63) is 28.8 Å². The van der Waals surface area contributed by atoms with Gasteiger partial charge in [-0.3, -0.25) is 4.79 Å². The summed E-state index contributed by atoms with van der Waals surface area (Å²) in [5.74, 6) is 0.570. The van der Waals surface area contributed by atoms with Crippen LogP contribution in [0.3, 0.4) is 0 Å². The number of carbonyl (C=O) groups excluding carboxylic acids is 1. The van der Waals surface area contributed by atoms with Gasteiger partial charge in [0.2, 0.25) is 5.91 Å². The van der Waals surface area contributed by atoms with Crippen LogP contribution in [0, 0.1) is 13.8 Å².